The van der Waals surface area contributed by atoms with Crippen molar-refractivity contribution in [2.75, 3.05) is 13.7 Å². The fourth-order valence-electron chi connectivity index (χ4n) is 2.15. The Kier molecular flexibility index (Phi) is 5.53. The van der Waals surface area contributed by atoms with Crippen molar-refractivity contribution in [3.8, 4) is 0 Å². The molecule has 2 aromatic rings. The fraction of sp³-hybridized carbons (Fsp3) is 0.167. The highest BCUT2D eigenvalue weighted by Gasteiger charge is 2.36. The van der Waals surface area contributed by atoms with Gasteiger partial charge in [-0.15, -0.1) is 0 Å². The number of carbonyl (C=O) groups is 3. The van der Waals surface area contributed by atoms with E-state index in [0.717, 1.165) is 21.6 Å². The van der Waals surface area contributed by atoms with Gasteiger partial charge in [-0.1, -0.05) is 29.5 Å². The third-order valence-electron chi connectivity index (χ3n) is 3.50. The molecule has 0 bridgehead atoms. The number of rotatable bonds is 5. The van der Waals surface area contributed by atoms with Crippen molar-refractivity contribution in [1.29, 1.82) is 0 Å². The van der Waals surface area contributed by atoms with E-state index in [0.29, 0.717) is 10.9 Å². The summed E-state index contributed by atoms with van der Waals surface area (Å²) in [5, 5.41) is 0.168. The summed E-state index contributed by atoms with van der Waals surface area (Å²) in [5.74, 6) is -0.721. The summed E-state index contributed by atoms with van der Waals surface area (Å²) >= 11 is 2.23. The molecule has 1 aromatic carbocycles. The molecule has 1 aliphatic rings. The summed E-state index contributed by atoms with van der Waals surface area (Å²) in [4.78, 5) is 37.6. The number of aryl methyl sites for hydroxylation is 1. The maximum Gasteiger partial charge on any atom is 0.325 e. The Morgan fingerprint density at radius 3 is 2.65 bits per heavy atom. The van der Waals surface area contributed by atoms with Gasteiger partial charge >= 0.3 is 5.97 Å². The molecule has 1 aromatic heterocycles. The lowest BCUT2D eigenvalue weighted by Crippen LogP contribution is -2.34. The Morgan fingerprint density at radius 1 is 1.23 bits per heavy atom. The quantitative estimate of drug-likeness (QED) is 0.566. The number of hydrogen-bond acceptors (Lipinski definition) is 7. The molecule has 2 amide bonds. The molecule has 0 spiro atoms. The molecule has 0 saturated carbocycles. The minimum Gasteiger partial charge on any atom is -0.468 e. The Morgan fingerprint density at radius 2 is 1.96 bits per heavy atom. The number of imide groups is 1. The van der Waals surface area contributed by atoms with Crippen molar-refractivity contribution in [3.63, 3.8) is 0 Å². The van der Waals surface area contributed by atoms with Crippen LogP contribution in [0.3, 0.4) is 0 Å². The standard InChI is InChI=1S/C18H15NO5S2/c1-11-3-6-13(7-4-11)25-16-8-5-12(24-16)9-14-17(21)19(18(22)26-14)10-15(20)23-2/h3-9H,10H2,1-2H3/b14-9-. The minimum absolute atomic E-state index is 0.208. The number of thioether (sulfide) groups is 1. The van der Waals surface area contributed by atoms with Gasteiger partial charge in [0, 0.05) is 11.0 Å². The van der Waals surface area contributed by atoms with Gasteiger partial charge in [-0.2, -0.15) is 0 Å². The van der Waals surface area contributed by atoms with Crippen LogP contribution in [0.2, 0.25) is 0 Å². The van der Waals surface area contributed by atoms with E-state index in [2.05, 4.69) is 4.74 Å². The highest BCUT2D eigenvalue weighted by molar-refractivity contribution is 8.18. The van der Waals surface area contributed by atoms with Crippen molar-refractivity contribution < 1.29 is 23.5 Å². The molecule has 1 saturated heterocycles. The van der Waals surface area contributed by atoms with E-state index in [-0.39, 0.29) is 4.91 Å². The first-order valence-corrected chi connectivity index (χ1v) is 9.26. The SMILES string of the molecule is COC(=O)CN1C(=O)S/C(=C\c2ccc(Sc3ccc(C)cc3)o2)C1=O. The third kappa shape index (κ3) is 4.20. The van der Waals surface area contributed by atoms with Crippen LogP contribution in [-0.2, 0) is 14.3 Å². The van der Waals surface area contributed by atoms with Crippen LogP contribution in [0.5, 0.6) is 0 Å². The van der Waals surface area contributed by atoms with Crippen molar-refractivity contribution in [1.82, 2.24) is 4.90 Å². The molecule has 134 valence electrons. The van der Waals surface area contributed by atoms with Crippen LogP contribution in [0.15, 0.2) is 55.7 Å². The highest BCUT2D eigenvalue weighted by Crippen LogP contribution is 2.34. The van der Waals surface area contributed by atoms with Gasteiger partial charge in [0.05, 0.1) is 12.0 Å². The number of amides is 2. The number of methoxy groups -OCH3 is 1. The Balaban J connectivity index is 1.71. The van der Waals surface area contributed by atoms with Crippen LogP contribution in [0.4, 0.5) is 4.79 Å². The number of hydrogen-bond donors (Lipinski definition) is 0. The average molecular weight is 389 g/mol. The molecule has 3 rings (SSSR count). The number of furan rings is 1. The van der Waals surface area contributed by atoms with E-state index < -0.39 is 23.7 Å². The first-order chi connectivity index (χ1) is 12.5. The summed E-state index contributed by atoms with van der Waals surface area (Å²) in [7, 11) is 1.20. The van der Waals surface area contributed by atoms with E-state index >= 15 is 0 Å². The molecule has 0 unspecified atom stereocenters. The van der Waals surface area contributed by atoms with E-state index in [1.54, 1.807) is 12.1 Å². The third-order valence-corrected chi connectivity index (χ3v) is 5.34. The van der Waals surface area contributed by atoms with Crippen LogP contribution < -0.4 is 0 Å². The van der Waals surface area contributed by atoms with E-state index in [4.69, 9.17) is 4.42 Å². The van der Waals surface area contributed by atoms with Gasteiger partial charge in [0.25, 0.3) is 11.1 Å². The summed E-state index contributed by atoms with van der Waals surface area (Å²) in [6.45, 7) is 1.62. The minimum atomic E-state index is -0.650. The molecule has 26 heavy (non-hydrogen) atoms. The molecule has 0 atom stereocenters. The lowest BCUT2D eigenvalue weighted by Gasteiger charge is -2.09. The topological polar surface area (TPSA) is 76.8 Å². The Hall–Kier alpha value is -2.45. The summed E-state index contributed by atoms with van der Waals surface area (Å²) in [5.41, 5.74) is 1.18. The van der Waals surface area contributed by atoms with Gasteiger partial charge in [0.1, 0.15) is 12.3 Å². The van der Waals surface area contributed by atoms with Gasteiger partial charge < -0.3 is 9.15 Å². The zero-order valence-electron chi connectivity index (χ0n) is 14.1. The van der Waals surface area contributed by atoms with Crippen molar-refractivity contribution >= 4 is 46.7 Å². The molecule has 1 fully saturated rings. The number of carbonyl (C=O) groups excluding carboxylic acids is 3. The summed E-state index contributed by atoms with van der Waals surface area (Å²) in [6, 6.07) is 11.6. The number of nitrogens with zero attached hydrogens (tertiary/aromatic N) is 1. The highest BCUT2D eigenvalue weighted by atomic mass is 32.2. The Labute approximate surface area is 158 Å². The molecular weight excluding hydrogens is 374 g/mol. The zero-order chi connectivity index (χ0) is 18.7. The fourth-order valence-corrected chi connectivity index (χ4v) is 3.75. The molecule has 0 N–H and O–H groups in total. The van der Waals surface area contributed by atoms with E-state index in [9.17, 15) is 14.4 Å². The van der Waals surface area contributed by atoms with Crippen LogP contribution in [0.25, 0.3) is 6.08 Å². The van der Waals surface area contributed by atoms with Crippen molar-refractivity contribution in [2.24, 2.45) is 0 Å². The number of esters is 1. The summed E-state index contributed by atoms with van der Waals surface area (Å²) in [6.07, 6.45) is 1.50. The predicted octanol–water partition coefficient (Wildman–Crippen LogP) is 3.95. The molecular formula is C18H15NO5S2. The van der Waals surface area contributed by atoms with Crippen molar-refractivity contribution in [2.45, 2.75) is 16.9 Å². The van der Waals surface area contributed by atoms with Gasteiger partial charge in [-0.05, 0) is 43.0 Å². The maximum absolute atomic E-state index is 12.3. The normalized spacial score (nSPS) is 15.8. The lowest BCUT2D eigenvalue weighted by molar-refractivity contribution is -0.143. The number of ether oxygens (including phenoxy) is 1. The van der Waals surface area contributed by atoms with Gasteiger partial charge in [0.15, 0.2) is 5.09 Å². The lowest BCUT2D eigenvalue weighted by atomic mass is 10.2. The smallest absolute Gasteiger partial charge is 0.325 e. The first kappa shape index (κ1) is 18.3. The van der Waals surface area contributed by atoms with Crippen LogP contribution in [-0.4, -0.2) is 35.7 Å². The molecule has 6 nitrogen and oxygen atoms in total. The van der Waals surface area contributed by atoms with Crippen molar-refractivity contribution in [3.05, 3.63) is 52.6 Å². The van der Waals surface area contributed by atoms with Gasteiger partial charge in [0.2, 0.25) is 0 Å². The maximum atomic E-state index is 12.3. The monoisotopic (exact) mass is 389 g/mol. The molecule has 8 heteroatoms. The second-order valence-electron chi connectivity index (χ2n) is 5.42. The second kappa shape index (κ2) is 7.84. The van der Waals surface area contributed by atoms with Gasteiger partial charge in [-0.25, -0.2) is 0 Å². The van der Waals surface area contributed by atoms with E-state index in [1.807, 2.05) is 31.2 Å². The van der Waals surface area contributed by atoms with Crippen LogP contribution in [0.1, 0.15) is 11.3 Å². The van der Waals surface area contributed by atoms with E-state index in [1.165, 1.54) is 30.5 Å². The first-order valence-electron chi connectivity index (χ1n) is 7.63. The molecule has 1 aliphatic heterocycles. The molecule has 0 aliphatic carbocycles. The molecule has 2 heterocycles. The molecule has 0 radical (unpaired) electrons. The van der Waals surface area contributed by atoms with Gasteiger partial charge in [-0.3, -0.25) is 19.3 Å². The predicted molar refractivity (Wildman–Crippen MR) is 98.7 cm³/mol. The Bertz CT molecular complexity index is 885. The largest absolute Gasteiger partial charge is 0.468 e. The number of benzene rings is 1. The van der Waals surface area contributed by atoms with Crippen LogP contribution in [0, 0.1) is 6.92 Å². The average Bonchev–Trinajstić information content (AvgIpc) is 3.16. The zero-order valence-corrected chi connectivity index (χ0v) is 15.7. The van der Waals surface area contributed by atoms with Crippen LogP contribution >= 0.6 is 23.5 Å². The second-order valence-corrected chi connectivity index (χ2v) is 7.49. The summed E-state index contributed by atoms with van der Waals surface area (Å²) < 4.78 is 10.2.